The lowest BCUT2D eigenvalue weighted by Gasteiger charge is -2.26. The fourth-order valence-corrected chi connectivity index (χ4v) is 5.51. The summed E-state index contributed by atoms with van der Waals surface area (Å²) in [6, 6.07) is 13.9. The summed E-state index contributed by atoms with van der Waals surface area (Å²) in [6.07, 6.45) is 0.852. The second kappa shape index (κ2) is 13.7. The Balaban J connectivity index is 0.00000420. The second-order valence-electron chi connectivity index (χ2n) is 9.10. The fraction of sp³-hybridized carbons (Fsp3) is 0.346. The van der Waals surface area contributed by atoms with Gasteiger partial charge < -0.3 is 20.1 Å². The van der Waals surface area contributed by atoms with E-state index < -0.39 is 27.0 Å². The lowest BCUT2D eigenvalue weighted by Crippen LogP contribution is -2.43. The van der Waals surface area contributed by atoms with Crippen LogP contribution in [-0.4, -0.2) is 74.7 Å². The Hall–Kier alpha value is -3.29. The number of nitrogens with zero attached hydrogens (tertiary/aromatic N) is 2. The van der Waals surface area contributed by atoms with Gasteiger partial charge in [0.25, 0.3) is 5.69 Å². The largest absolute Gasteiger partial charge is 0.494 e. The molecule has 0 aromatic heterocycles. The van der Waals surface area contributed by atoms with Crippen LogP contribution in [0.3, 0.4) is 0 Å². The van der Waals surface area contributed by atoms with E-state index in [2.05, 4.69) is 14.9 Å². The number of carboxylic acids is 1. The fourth-order valence-electron chi connectivity index (χ4n) is 4.32. The number of carbonyl (C=O) groups is 1. The molecule has 1 aliphatic heterocycles. The summed E-state index contributed by atoms with van der Waals surface area (Å²) in [7, 11) is -4.21. The van der Waals surface area contributed by atoms with Gasteiger partial charge >= 0.3 is 5.97 Å². The van der Waals surface area contributed by atoms with Crippen LogP contribution in [0.2, 0.25) is 0 Å². The van der Waals surface area contributed by atoms with Gasteiger partial charge in [0.05, 0.1) is 16.4 Å². The molecule has 3 N–H and O–H groups in total. The molecule has 11 nitrogen and oxygen atoms in total. The Labute approximate surface area is 232 Å². The van der Waals surface area contributed by atoms with Crippen molar-refractivity contribution >= 4 is 44.9 Å². The molecule has 1 atom stereocenters. The van der Waals surface area contributed by atoms with Gasteiger partial charge in [0, 0.05) is 44.9 Å². The summed E-state index contributed by atoms with van der Waals surface area (Å²) in [5.41, 5.74) is 0.375. The number of non-ortho nitro benzene ring substituents is 1. The maximum atomic E-state index is 12.7. The van der Waals surface area contributed by atoms with Crippen molar-refractivity contribution in [2.45, 2.75) is 23.8 Å². The predicted octanol–water partition coefficient (Wildman–Crippen LogP) is 2.82. The number of fused-ring (bicyclic) bond motifs is 1. The Morgan fingerprint density at radius 2 is 1.74 bits per heavy atom. The van der Waals surface area contributed by atoms with E-state index >= 15 is 0 Å². The number of nitro groups is 1. The number of halogens is 1. The van der Waals surface area contributed by atoms with Crippen LogP contribution >= 0.6 is 12.4 Å². The van der Waals surface area contributed by atoms with E-state index in [4.69, 9.17) is 4.74 Å². The zero-order valence-corrected chi connectivity index (χ0v) is 22.7. The SMILES string of the molecule is Cl.O=C(O)C(Cc1ccc2cc(OCCCN3CCNCC3)ccc2c1)NS(=O)(=O)c1ccc([N+](=O)[O-])cc1. The van der Waals surface area contributed by atoms with Gasteiger partial charge in [-0.25, -0.2) is 8.42 Å². The first kappa shape index (κ1) is 30.3. The molecule has 0 amide bonds. The van der Waals surface area contributed by atoms with Crippen LogP contribution in [-0.2, 0) is 21.2 Å². The standard InChI is InChI=1S/C26H30N4O7S.ClH/c31-26(32)25(28-38(35,36)24-8-5-22(6-9-24)30(33)34)17-19-2-3-21-18-23(7-4-20(21)16-19)37-15-1-12-29-13-10-27-11-14-29;/h2-9,16,18,25,27-28H,1,10-15,17H2,(H,31,32);1H. The average Bonchev–Trinajstić information content (AvgIpc) is 2.91. The Morgan fingerprint density at radius 1 is 1.08 bits per heavy atom. The van der Waals surface area contributed by atoms with Gasteiger partial charge in [-0.3, -0.25) is 14.9 Å². The Bertz CT molecular complexity index is 1400. The maximum Gasteiger partial charge on any atom is 0.322 e. The first-order chi connectivity index (χ1) is 18.2. The molecule has 1 fully saturated rings. The van der Waals surface area contributed by atoms with Gasteiger partial charge in [0.15, 0.2) is 0 Å². The Kier molecular flexibility index (Phi) is 10.6. The number of hydrogen-bond acceptors (Lipinski definition) is 8. The molecule has 1 unspecified atom stereocenters. The number of ether oxygens (including phenoxy) is 1. The molecule has 0 spiro atoms. The van der Waals surface area contributed by atoms with Gasteiger partial charge in [0.2, 0.25) is 10.0 Å². The van der Waals surface area contributed by atoms with E-state index in [1.165, 1.54) is 0 Å². The van der Waals surface area contributed by atoms with Gasteiger partial charge in [0.1, 0.15) is 11.8 Å². The monoisotopic (exact) mass is 578 g/mol. The molecule has 3 aromatic rings. The average molecular weight is 579 g/mol. The minimum Gasteiger partial charge on any atom is -0.494 e. The topological polar surface area (TPSA) is 151 Å². The lowest BCUT2D eigenvalue weighted by atomic mass is 10.0. The third kappa shape index (κ3) is 8.35. The number of nitro benzene ring substituents is 1. The van der Waals surface area contributed by atoms with Crippen molar-refractivity contribution in [1.29, 1.82) is 0 Å². The highest BCUT2D eigenvalue weighted by Gasteiger charge is 2.26. The van der Waals surface area contributed by atoms with E-state index in [9.17, 15) is 28.4 Å². The first-order valence-electron chi connectivity index (χ1n) is 12.3. The summed E-state index contributed by atoms with van der Waals surface area (Å²) < 4.78 is 33.5. The third-order valence-electron chi connectivity index (χ3n) is 6.37. The quantitative estimate of drug-likeness (QED) is 0.167. The van der Waals surface area contributed by atoms with Crippen LogP contribution in [0.5, 0.6) is 5.75 Å². The number of carboxylic acid groups (broad SMARTS) is 1. The van der Waals surface area contributed by atoms with Crippen LogP contribution in [0.1, 0.15) is 12.0 Å². The Morgan fingerprint density at radius 3 is 2.41 bits per heavy atom. The molecule has 1 aliphatic rings. The first-order valence-corrected chi connectivity index (χ1v) is 13.8. The molecule has 210 valence electrons. The molecule has 39 heavy (non-hydrogen) atoms. The van der Waals surface area contributed by atoms with Crippen molar-refractivity contribution in [3.8, 4) is 5.75 Å². The van der Waals surface area contributed by atoms with E-state index in [1.54, 1.807) is 6.07 Å². The van der Waals surface area contributed by atoms with Gasteiger partial charge in [-0.2, -0.15) is 4.72 Å². The summed E-state index contributed by atoms with van der Waals surface area (Å²) in [6.45, 7) is 5.76. The number of aliphatic carboxylic acids is 1. The number of piperazine rings is 1. The summed E-state index contributed by atoms with van der Waals surface area (Å²) in [4.78, 5) is 24.2. The van der Waals surface area contributed by atoms with E-state index in [0.29, 0.717) is 12.2 Å². The minimum absolute atomic E-state index is 0. The molecule has 4 rings (SSSR count). The molecule has 0 saturated carbocycles. The number of benzene rings is 3. The highest BCUT2D eigenvalue weighted by molar-refractivity contribution is 7.89. The molecular weight excluding hydrogens is 548 g/mol. The number of nitrogens with one attached hydrogen (secondary N) is 2. The molecule has 0 aliphatic carbocycles. The van der Waals surface area contributed by atoms with Crippen LogP contribution in [0, 0.1) is 10.1 Å². The normalized spacial score (nSPS) is 14.9. The van der Waals surface area contributed by atoms with Crippen LogP contribution in [0.25, 0.3) is 10.8 Å². The highest BCUT2D eigenvalue weighted by atomic mass is 35.5. The molecule has 1 heterocycles. The molecule has 3 aromatic carbocycles. The molecule has 0 radical (unpaired) electrons. The second-order valence-corrected chi connectivity index (χ2v) is 10.8. The van der Waals surface area contributed by atoms with Crippen molar-refractivity contribution in [3.63, 3.8) is 0 Å². The molecular formula is C26H31ClN4O7S. The van der Waals surface area contributed by atoms with E-state index in [1.807, 2.05) is 30.3 Å². The molecule has 1 saturated heterocycles. The van der Waals surface area contributed by atoms with E-state index in [-0.39, 0.29) is 29.4 Å². The third-order valence-corrected chi connectivity index (χ3v) is 7.85. The number of hydrogen-bond donors (Lipinski definition) is 3. The zero-order valence-electron chi connectivity index (χ0n) is 21.1. The van der Waals surface area contributed by atoms with Crippen LogP contribution in [0.15, 0.2) is 65.6 Å². The lowest BCUT2D eigenvalue weighted by molar-refractivity contribution is -0.384. The highest BCUT2D eigenvalue weighted by Crippen LogP contribution is 2.23. The maximum absolute atomic E-state index is 12.7. The van der Waals surface area contributed by atoms with Crippen molar-refractivity contribution in [3.05, 3.63) is 76.3 Å². The van der Waals surface area contributed by atoms with Crippen LogP contribution < -0.4 is 14.8 Å². The van der Waals surface area contributed by atoms with Crippen molar-refractivity contribution in [1.82, 2.24) is 14.9 Å². The van der Waals surface area contributed by atoms with Gasteiger partial charge in [-0.05, 0) is 53.4 Å². The van der Waals surface area contributed by atoms with Gasteiger partial charge in [-0.1, -0.05) is 24.3 Å². The molecule has 0 bridgehead atoms. The van der Waals surface area contributed by atoms with Crippen molar-refractivity contribution < 1.29 is 28.0 Å². The minimum atomic E-state index is -4.21. The number of sulfonamides is 1. The summed E-state index contributed by atoms with van der Waals surface area (Å²) in [5, 5.41) is 25.6. The summed E-state index contributed by atoms with van der Waals surface area (Å²) >= 11 is 0. The number of rotatable bonds is 12. The predicted molar refractivity (Wildman–Crippen MR) is 149 cm³/mol. The summed E-state index contributed by atoms with van der Waals surface area (Å²) in [5.74, 6) is -0.579. The van der Waals surface area contributed by atoms with Crippen molar-refractivity contribution in [2.75, 3.05) is 39.3 Å². The van der Waals surface area contributed by atoms with E-state index in [0.717, 1.165) is 79.9 Å². The van der Waals surface area contributed by atoms with Crippen molar-refractivity contribution in [2.24, 2.45) is 0 Å². The molecule has 13 heteroatoms. The van der Waals surface area contributed by atoms with Gasteiger partial charge in [-0.15, -0.1) is 12.4 Å². The van der Waals surface area contributed by atoms with Crippen LogP contribution in [0.4, 0.5) is 5.69 Å². The smallest absolute Gasteiger partial charge is 0.322 e. The zero-order chi connectivity index (χ0) is 27.1.